The molecule has 2 N–H and O–H groups in total. The Labute approximate surface area is 326 Å². The Morgan fingerprint density at radius 1 is 0.571 bits per heavy atom. The minimum atomic E-state index is -0.104. The third kappa shape index (κ3) is 5.20. The van der Waals surface area contributed by atoms with E-state index in [2.05, 4.69) is 208 Å². The van der Waals surface area contributed by atoms with E-state index >= 15 is 0 Å². The molecule has 1 atom stereocenters. The summed E-state index contributed by atoms with van der Waals surface area (Å²) in [5, 5.41) is 8.60. The summed E-state index contributed by atoms with van der Waals surface area (Å²) < 4.78 is 2.48. The third-order valence-corrected chi connectivity index (χ3v) is 11.2. The van der Waals surface area contributed by atoms with E-state index in [4.69, 9.17) is 4.99 Å². The normalized spacial score (nSPS) is 15.5. The zero-order valence-corrected chi connectivity index (χ0v) is 30.6. The summed E-state index contributed by atoms with van der Waals surface area (Å²) in [5.41, 5.74) is 17.3. The van der Waals surface area contributed by atoms with Crippen LogP contribution in [0.1, 0.15) is 33.9 Å². The minimum Gasteiger partial charge on any atom is -0.385 e. The predicted octanol–water partition coefficient (Wildman–Crippen LogP) is 11.6. The fourth-order valence-electron chi connectivity index (χ4n) is 8.71. The first-order valence-electron chi connectivity index (χ1n) is 19.2. The van der Waals surface area contributed by atoms with Crippen LogP contribution in [0.15, 0.2) is 199 Å². The summed E-state index contributed by atoms with van der Waals surface area (Å²) in [4.78, 5) is 7.59. The van der Waals surface area contributed by atoms with E-state index in [1.807, 2.05) is 6.07 Å². The number of benzene rings is 7. The molecule has 0 fully saturated rings. The zero-order valence-electron chi connectivity index (χ0n) is 30.6. The van der Waals surface area contributed by atoms with Crippen molar-refractivity contribution in [1.29, 1.82) is 0 Å². The van der Waals surface area contributed by atoms with Gasteiger partial charge in [0.15, 0.2) is 0 Å². The smallest absolute Gasteiger partial charge is 0.134 e. The molecule has 0 aliphatic carbocycles. The van der Waals surface area contributed by atoms with Gasteiger partial charge in [0.2, 0.25) is 0 Å². The van der Waals surface area contributed by atoms with Crippen molar-refractivity contribution in [3.63, 3.8) is 0 Å². The van der Waals surface area contributed by atoms with E-state index in [-0.39, 0.29) is 6.04 Å². The monoisotopic (exact) mass is 719 g/mol. The Balaban J connectivity index is 1.12. The van der Waals surface area contributed by atoms with Gasteiger partial charge in [0, 0.05) is 51.6 Å². The number of hydrogen-bond donors (Lipinski definition) is 2. The van der Waals surface area contributed by atoms with Gasteiger partial charge < -0.3 is 20.1 Å². The van der Waals surface area contributed by atoms with Gasteiger partial charge in [0.25, 0.3) is 0 Å². The number of rotatable bonds is 5. The largest absolute Gasteiger partial charge is 0.385 e. The molecule has 3 aliphatic rings. The van der Waals surface area contributed by atoms with E-state index < -0.39 is 0 Å². The van der Waals surface area contributed by atoms with Crippen molar-refractivity contribution >= 4 is 39.5 Å². The second-order valence-electron chi connectivity index (χ2n) is 14.5. The van der Waals surface area contributed by atoms with Crippen LogP contribution in [0.5, 0.6) is 0 Å². The molecule has 0 spiro atoms. The van der Waals surface area contributed by atoms with Gasteiger partial charge in [-0.15, -0.1) is 0 Å². The number of nitrogens with zero attached hydrogens (tertiary/aromatic N) is 3. The summed E-state index contributed by atoms with van der Waals surface area (Å²) in [5.74, 6) is 0.862. The molecule has 0 radical (unpaired) electrons. The van der Waals surface area contributed by atoms with E-state index in [0.29, 0.717) is 0 Å². The van der Waals surface area contributed by atoms with Crippen LogP contribution in [0, 0.1) is 0 Å². The summed E-state index contributed by atoms with van der Waals surface area (Å²) in [6, 6.07) is 65.1. The molecule has 11 rings (SSSR count). The quantitative estimate of drug-likeness (QED) is 0.186. The second kappa shape index (κ2) is 13.2. The predicted molar refractivity (Wildman–Crippen MR) is 231 cm³/mol. The molecular weight excluding hydrogens is 683 g/mol. The standard InChI is InChI=1S/C51H37N5/c1-3-16-34(17-4-1)43-31-44(54-51(53-43)35-18-5-2-6-19-35)36-21-15-22-38(30-36)55-45-27-12-9-24-40(45)49-41-25-10-13-28-46(41)56(47-29-14-11-26-42(47)50(49)55)48-33-52-32-37-20-7-8-23-39(37)48/h1-31,33,44,52H,32H2,(H,53,54). The molecule has 0 saturated carbocycles. The van der Waals surface area contributed by atoms with Crippen LogP contribution in [0.2, 0.25) is 0 Å². The molecule has 266 valence electrons. The Morgan fingerprint density at radius 2 is 1.23 bits per heavy atom. The first kappa shape index (κ1) is 32.1. The summed E-state index contributed by atoms with van der Waals surface area (Å²) in [7, 11) is 0. The molecular formula is C51H37N5. The van der Waals surface area contributed by atoms with Crippen LogP contribution in [-0.2, 0) is 6.54 Å². The van der Waals surface area contributed by atoms with Crippen LogP contribution in [0.4, 0.5) is 11.4 Å². The van der Waals surface area contributed by atoms with Gasteiger partial charge in [-0.1, -0.05) is 152 Å². The molecule has 7 aromatic carbocycles. The van der Waals surface area contributed by atoms with Gasteiger partial charge in [-0.25, -0.2) is 4.99 Å². The number of anilines is 2. The molecule has 5 nitrogen and oxygen atoms in total. The number of amidine groups is 1. The fourth-order valence-corrected chi connectivity index (χ4v) is 8.71. The second-order valence-corrected chi connectivity index (χ2v) is 14.5. The Hall–Kier alpha value is -7.37. The number of aromatic nitrogens is 1. The average Bonchev–Trinajstić information content (AvgIpc) is 3.56. The number of para-hydroxylation sites is 3. The van der Waals surface area contributed by atoms with Gasteiger partial charge in [-0.3, -0.25) is 0 Å². The van der Waals surface area contributed by atoms with E-state index in [1.165, 1.54) is 44.4 Å². The maximum Gasteiger partial charge on any atom is 0.134 e. The highest BCUT2D eigenvalue weighted by Gasteiger charge is 2.33. The molecule has 1 aromatic heterocycles. The van der Waals surface area contributed by atoms with E-state index in [9.17, 15) is 0 Å². The van der Waals surface area contributed by atoms with Crippen molar-refractivity contribution < 1.29 is 0 Å². The SMILES string of the molecule is C1=C(c2ccccc2)N=C(c2ccccc2)NC1c1cccc(-n2c3c(c4ccccc42)-c2ccccc2N(C2=CNCc4ccccc42)c2ccccc2-3)c1. The highest BCUT2D eigenvalue weighted by Crippen LogP contribution is 2.54. The zero-order chi connectivity index (χ0) is 37.0. The molecule has 5 heteroatoms. The Bertz CT molecular complexity index is 2900. The lowest BCUT2D eigenvalue weighted by Gasteiger charge is -2.32. The Kier molecular flexibility index (Phi) is 7.56. The number of hydrogen-bond acceptors (Lipinski definition) is 4. The van der Waals surface area contributed by atoms with Crippen molar-refractivity contribution in [3.8, 4) is 28.1 Å². The van der Waals surface area contributed by atoms with Crippen LogP contribution < -0.4 is 15.5 Å². The lowest BCUT2D eigenvalue weighted by Crippen LogP contribution is -2.31. The minimum absolute atomic E-state index is 0.104. The molecule has 4 heterocycles. The van der Waals surface area contributed by atoms with Gasteiger partial charge in [-0.2, -0.15) is 0 Å². The number of aliphatic imine (C=N–C) groups is 1. The highest BCUT2D eigenvalue weighted by atomic mass is 15.2. The first-order valence-corrected chi connectivity index (χ1v) is 19.2. The molecule has 0 saturated heterocycles. The molecule has 3 aliphatic heterocycles. The average molecular weight is 720 g/mol. The molecule has 0 amide bonds. The van der Waals surface area contributed by atoms with Crippen LogP contribution in [-0.4, -0.2) is 10.4 Å². The highest BCUT2D eigenvalue weighted by molar-refractivity contribution is 6.14. The van der Waals surface area contributed by atoms with Crippen molar-refractivity contribution in [1.82, 2.24) is 15.2 Å². The van der Waals surface area contributed by atoms with Crippen molar-refractivity contribution in [2.45, 2.75) is 12.6 Å². The maximum absolute atomic E-state index is 5.13. The Morgan fingerprint density at radius 3 is 2.05 bits per heavy atom. The molecule has 1 unspecified atom stereocenters. The van der Waals surface area contributed by atoms with Crippen LogP contribution >= 0.6 is 0 Å². The fraction of sp³-hybridized carbons (Fsp3) is 0.0392. The number of nitrogens with one attached hydrogen (secondary N) is 2. The topological polar surface area (TPSA) is 44.6 Å². The lowest BCUT2D eigenvalue weighted by atomic mass is 9.98. The van der Waals surface area contributed by atoms with Crippen LogP contribution in [0.25, 0.3) is 50.4 Å². The van der Waals surface area contributed by atoms with Gasteiger partial charge in [-0.05, 0) is 53.1 Å². The van der Waals surface area contributed by atoms with E-state index in [1.54, 1.807) is 0 Å². The molecule has 8 aromatic rings. The number of fused-ring (bicyclic) bond motifs is 8. The van der Waals surface area contributed by atoms with E-state index in [0.717, 1.165) is 57.5 Å². The third-order valence-electron chi connectivity index (χ3n) is 11.2. The van der Waals surface area contributed by atoms with Crippen molar-refractivity contribution in [2.75, 3.05) is 4.90 Å². The summed E-state index contributed by atoms with van der Waals surface area (Å²) in [6.45, 7) is 0.805. The van der Waals surface area contributed by atoms with Gasteiger partial charge in [0.1, 0.15) is 5.84 Å². The van der Waals surface area contributed by atoms with Crippen LogP contribution in [0.3, 0.4) is 0 Å². The molecule has 0 bridgehead atoms. The molecule has 56 heavy (non-hydrogen) atoms. The maximum atomic E-state index is 5.13. The van der Waals surface area contributed by atoms with Gasteiger partial charge in [0.05, 0.1) is 40.0 Å². The first-order chi connectivity index (χ1) is 27.8. The summed E-state index contributed by atoms with van der Waals surface area (Å²) >= 11 is 0. The van der Waals surface area contributed by atoms with Gasteiger partial charge >= 0.3 is 0 Å². The summed E-state index contributed by atoms with van der Waals surface area (Å²) in [6.07, 6.45) is 4.44. The van der Waals surface area contributed by atoms with Crippen molar-refractivity contribution in [2.24, 2.45) is 4.99 Å². The van der Waals surface area contributed by atoms with Crippen molar-refractivity contribution in [3.05, 3.63) is 222 Å². The lowest BCUT2D eigenvalue weighted by molar-refractivity contribution is 0.779.